The van der Waals surface area contributed by atoms with Crippen molar-refractivity contribution < 1.29 is 22.7 Å². The quantitative estimate of drug-likeness (QED) is 0.612. The highest BCUT2D eigenvalue weighted by atomic mass is 35.5. The number of rotatable bonds is 7. The van der Waals surface area contributed by atoms with Crippen LogP contribution in [-0.2, 0) is 26.4 Å². The van der Waals surface area contributed by atoms with Crippen LogP contribution in [0.1, 0.15) is 35.1 Å². The Kier molecular flexibility index (Phi) is 7.56. The molecule has 1 aromatic carbocycles. The van der Waals surface area contributed by atoms with Gasteiger partial charge in [-0.2, -0.15) is 4.99 Å². The van der Waals surface area contributed by atoms with Gasteiger partial charge in [0.25, 0.3) is 0 Å². The summed E-state index contributed by atoms with van der Waals surface area (Å²) in [7, 11) is -1.79. The first-order valence-corrected chi connectivity index (χ1v) is 11.4. The number of ether oxygens (including phenoxy) is 1. The van der Waals surface area contributed by atoms with Crippen molar-refractivity contribution in [3.63, 3.8) is 0 Å². The summed E-state index contributed by atoms with van der Waals surface area (Å²) in [5, 5.41) is 0.453. The van der Waals surface area contributed by atoms with Crippen molar-refractivity contribution in [2.75, 3.05) is 12.4 Å². The van der Waals surface area contributed by atoms with Gasteiger partial charge in [0.15, 0.2) is 14.6 Å². The number of hydrogen-bond acceptors (Lipinski definition) is 6. The molecule has 2 rings (SSSR count). The van der Waals surface area contributed by atoms with E-state index in [0.717, 1.165) is 11.3 Å². The maximum Gasteiger partial charge on any atom is 0.350 e. The summed E-state index contributed by atoms with van der Waals surface area (Å²) in [5.41, 5.74) is 0.653. The van der Waals surface area contributed by atoms with E-state index in [2.05, 4.69) is 4.99 Å². The first-order chi connectivity index (χ1) is 13.2. The third-order valence-electron chi connectivity index (χ3n) is 3.97. The summed E-state index contributed by atoms with van der Waals surface area (Å²) in [4.78, 5) is 29.0. The fraction of sp³-hybridized carbons (Fsp3) is 0.389. The summed E-state index contributed by atoms with van der Waals surface area (Å²) in [6.45, 7) is 3.71. The van der Waals surface area contributed by atoms with Crippen molar-refractivity contribution >= 4 is 44.7 Å². The lowest BCUT2D eigenvalue weighted by Gasteiger charge is -2.03. The lowest BCUT2D eigenvalue weighted by Crippen LogP contribution is -2.15. The molecule has 0 fully saturated rings. The van der Waals surface area contributed by atoms with E-state index in [9.17, 15) is 18.0 Å². The molecule has 1 amide bonds. The van der Waals surface area contributed by atoms with Crippen LogP contribution in [0.25, 0.3) is 0 Å². The highest BCUT2D eigenvalue weighted by Crippen LogP contribution is 2.17. The van der Waals surface area contributed by atoms with E-state index < -0.39 is 21.7 Å². The van der Waals surface area contributed by atoms with Crippen LogP contribution in [0.5, 0.6) is 0 Å². The Morgan fingerprint density at radius 2 is 1.89 bits per heavy atom. The first kappa shape index (κ1) is 22.3. The number of esters is 1. The summed E-state index contributed by atoms with van der Waals surface area (Å²) in [6.07, 6.45) is 0.130. The third-order valence-corrected chi connectivity index (χ3v) is 7.25. The van der Waals surface area contributed by atoms with Gasteiger partial charge in [0, 0.05) is 24.2 Å². The monoisotopic (exact) mass is 444 g/mol. The van der Waals surface area contributed by atoms with Gasteiger partial charge in [-0.3, -0.25) is 4.79 Å². The molecule has 0 radical (unpaired) electrons. The predicted octanol–water partition coefficient (Wildman–Crippen LogP) is 2.91. The highest BCUT2D eigenvalue weighted by molar-refractivity contribution is 7.91. The fourth-order valence-corrected chi connectivity index (χ4v) is 4.82. The van der Waals surface area contributed by atoms with E-state index in [0.29, 0.717) is 20.4 Å². The van der Waals surface area contributed by atoms with Gasteiger partial charge >= 0.3 is 5.97 Å². The van der Waals surface area contributed by atoms with E-state index in [1.54, 1.807) is 25.5 Å². The number of halogens is 1. The van der Waals surface area contributed by atoms with E-state index in [4.69, 9.17) is 16.3 Å². The van der Waals surface area contributed by atoms with Gasteiger partial charge in [-0.15, -0.1) is 0 Å². The van der Waals surface area contributed by atoms with Crippen LogP contribution in [0.3, 0.4) is 0 Å². The number of carbonyl (C=O) groups is 2. The zero-order valence-electron chi connectivity index (χ0n) is 15.8. The standard InChI is InChI=1S/C18H21ClN2O5S2/c1-4-26-17(23)16-12(2)21(3)18(27-16)20-15(22)6-5-11-28(24,25)14-9-7-13(19)8-10-14/h7-10H,4-6,11H2,1-3H3. The van der Waals surface area contributed by atoms with Crippen molar-refractivity contribution in [1.82, 2.24) is 4.57 Å². The Morgan fingerprint density at radius 1 is 1.25 bits per heavy atom. The molecule has 1 aromatic heterocycles. The summed E-state index contributed by atoms with van der Waals surface area (Å²) in [5.74, 6) is -1.07. The number of benzene rings is 1. The largest absolute Gasteiger partial charge is 0.462 e. The molecule has 0 saturated heterocycles. The molecule has 0 spiro atoms. The molecule has 0 N–H and O–H groups in total. The maximum atomic E-state index is 12.3. The van der Waals surface area contributed by atoms with E-state index in [-0.39, 0.29) is 30.1 Å². The predicted molar refractivity (Wildman–Crippen MR) is 107 cm³/mol. The molecule has 28 heavy (non-hydrogen) atoms. The molecule has 0 saturated carbocycles. The van der Waals surface area contributed by atoms with E-state index in [1.165, 1.54) is 24.3 Å². The second kappa shape index (κ2) is 9.49. The van der Waals surface area contributed by atoms with Gasteiger partial charge in [-0.1, -0.05) is 22.9 Å². The van der Waals surface area contributed by atoms with Gasteiger partial charge in [-0.25, -0.2) is 13.2 Å². The van der Waals surface area contributed by atoms with Crippen LogP contribution >= 0.6 is 22.9 Å². The van der Waals surface area contributed by atoms with Gasteiger partial charge in [0.05, 0.1) is 17.3 Å². The van der Waals surface area contributed by atoms with Crippen LogP contribution in [0.4, 0.5) is 0 Å². The first-order valence-electron chi connectivity index (χ1n) is 8.55. The molecule has 1 heterocycles. The van der Waals surface area contributed by atoms with Crippen LogP contribution in [0.15, 0.2) is 34.2 Å². The molecule has 0 aliphatic rings. The van der Waals surface area contributed by atoms with E-state index >= 15 is 0 Å². The molecule has 0 unspecified atom stereocenters. The van der Waals surface area contributed by atoms with Gasteiger partial charge < -0.3 is 9.30 Å². The molecule has 2 aromatic rings. The van der Waals surface area contributed by atoms with Gasteiger partial charge in [-0.05, 0) is 44.5 Å². The second-order valence-corrected chi connectivity index (χ2v) is 9.48. The number of sulfone groups is 1. The molecular weight excluding hydrogens is 424 g/mol. The smallest absolute Gasteiger partial charge is 0.350 e. The normalized spacial score (nSPS) is 12.2. The van der Waals surface area contributed by atoms with Gasteiger partial charge in [0.2, 0.25) is 5.91 Å². The number of hydrogen-bond donors (Lipinski definition) is 0. The van der Waals surface area contributed by atoms with Crippen molar-refractivity contribution in [3.8, 4) is 0 Å². The molecular formula is C18H21ClN2O5S2. The maximum absolute atomic E-state index is 12.3. The Bertz CT molecular complexity index is 1040. The SMILES string of the molecule is CCOC(=O)c1sc(=NC(=O)CCCS(=O)(=O)c2ccc(Cl)cc2)n(C)c1C. The Hall–Kier alpha value is -1.97. The summed E-state index contributed by atoms with van der Waals surface area (Å²) < 4.78 is 31.2. The molecule has 7 nitrogen and oxygen atoms in total. The lowest BCUT2D eigenvalue weighted by molar-refractivity contribution is -0.118. The van der Waals surface area contributed by atoms with Crippen LogP contribution in [0, 0.1) is 6.92 Å². The molecule has 0 aliphatic carbocycles. The zero-order chi connectivity index (χ0) is 20.9. The van der Waals surface area contributed by atoms with Gasteiger partial charge in [0.1, 0.15) is 4.88 Å². The molecule has 0 bridgehead atoms. The van der Waals surface area contributed by atoms with Crippen molar-refractivity contribution in [3.05, 3.63) is 44.7 Å². The minimum atomic E-state index is -3.49. The Balaban J connectivity index is 2.05. The van der Waals surface area contributed by atoms with Crippen LogP contribution < -0.4 is 4.80 Å². The van der Waals surface area contributed by atoms with Crippen molar-refractivity contribution in [2.45, 2.75) is 31.6 Å². The molecule has 10 heteroatoms. The second-order valence-electron chi connectivity index (χ2n) is 5.96. The zero-order valence-corrected chi connectivity index (χ0v) is 18.2. The number of aromatic nitrogens is 1. The molecule has 0 aliphatic heterocycles. The average molecular weight is 445 g/mol. The Labute approximate surface area is 172 Å². The summed E-state index contributed by atoms with van der Waals surface area (Å²) >= 11 is 6.84. The number of thiazole rings is 1. The number of amides is 1. The summed E-state index contributed by atoms with van der Waals surface area (Å²) in [6, 6.07) is 5.90. The number of carbonyl (C=O) groups excluding carboxylic acids is 2. The minimum Gasteiger partial charge on any atom is -0.462 e. The molecule has 152 valence electrons. The van der Waals surface area contributed by atoms with Crippen molar-refractivity contribution in [2.24, 2.45) is 12.0 Å². The number of nitrogens with zero attached hydrogens (tertiary/aromatic N) is 2. The third kappa shape index (κ3) is 5.52. The fourth-order valence-electron chi connectivity index (χ4n) is 2.35. The minimum absolute atomic E-state index is 0.0154. The lowest BCUT2D eigenvalue weighted by atomic mass is 10.3. The van der Waals surface area contributed by atoms with Crippen LogP contribution in [-0.4, -0.2) is 37.2 Å². The van der Waals surface area contributed by atoms with Crippen LogP contribution in [0.2, 0.25) is 5.02 Å². The average Bonchev–Trinajstić information content (AvgIpc) is 2.90. The molecule has 0 atom stereocenters. The Morgan fingerprint density at radius 3 is 2.50 bits per heavy atom. The highest BCUT2D eigenvalue weighted by Gasteiger charge is 2.17. The van der Waals surface area contributed by atoms with Crippen molar-refractivity contribution in [1.29, 1.82) is 0 Å². The van der Waals surface area contributed by atoms with E-state index in [1.807, 2.05) is 0 Å². The topological polar surface area (TPSA) is 94.8 Å².